The molecule has 572 valence electrons. The Kier molecular flexibility index (Phi) is 28.1. The van der Waals surface area contributed by atoms with Crippen LogP contribution in [-0.2, 0) is 38.1 Å². The number of aromatic amines is 1. The van der Waals surface area contributed by atoms with E-state index in [1.165, 1.54) is 43.8 Å². The zero-order chi connectivity index (χ0) is 76.1. The van der Waals surface area contributed by atoms with Crippen molar-refractivity contribution >= 4 is 70.2 Å². The van der Waals surface area contributed by atoms with Crippen molar-refractivity contribution in [3.8, 4) is 0 Å². The summed E-state index contributed by atoms with van der Waals surface area (Å²) in [6.07, 6.45) is 2.14. The van der Waals surface area contributed by atoms with Crippen LogP contribution in [0, 0.1) is 6.92 Å². The first-order valence-electron chi connectivity index (χ1n) is 34.0. The molecule has 8 unspecified atom stereocenters. The third-order valence-electron chi connectivity index (χ3n) is 17.9. The summed E-state index contributed by atoms with van der Waals surface area (Å²) in [6.45, 7) is 15.1. The molecule has 0 spiro atoms. The number of hydrogen-bond donors (Lipinski definition) is 20. The summed E-state index contributed by atoms with van der Waals surface area (Å²) in [7, 11) is 0. The number of imidazole rings is 3. The van der Waals surface area contributed by atoms with E-state index in [1.54, 1.807) is 19.2 Å². The minimum Gasteiger partial charge on any atom is -0.394 e. The summed E-state index contributed by atoms with van der Waals surface area (Å²) in [6, 6.07) is -6.16. The number of nitrogens with one attached hydrogen (secondary N) is 7. The van der Waals surface area contributed by atoms with Crippen molar-refractivity contribution in [3.05, 3.63) is 83.6 Å². The molecular weight excluding hydrogens is 1370 g/mol. The fraction of sp³-hybridized carbons (Fsp3) is 0.603. The van der Waals surface area contributed by atoms with E-state index in [-0.39, 0.29) is 64.7 Å². The highest BCUT2D eigenvalue weighted by Crippen LogP contribution is 2.38. The van der Waals surface area contributed by atoms with Gasteiger partial charge in [0.15, 0.2) is 59.1 Å². The van der Waals surface area contributed by atoms with Crippen LogP contribution in [-0.4, -0.2) is 262 Å². The molecule has 41 nitrogen and oxygen atoms in total. The number of aliphatic hydroxyl groups excluding tert-OH is 8. The number of Topliss-reactive ketones (excluding diaryl/α,β-unsaturated/α-hetero) is 1. The summed E-state index contributed by atoms with van der Waals surface area (Å²) in [5.41, 5.74) is 29.1. The number of nitrogens with zero attached hydrogens (tertiary/aromatic N) is 10. The Balaban J connectivity index is 0.000000176. The highest BCUT2D eigenvalue weighted by atomic mass is 16.6. The highest BCUT2D eigenvalue weighted by molar-refractivity contribution is 6.08. The SMILES string of the molecule is C=C1N=C(N)C=CN1[C@@H]1O[C@H](CO)C(NC(=O)C(N)CCC)[C@@H]1O.C=C1NC(=O)c2ncn([C@@H]3O[C@H](CO)C(NC(=O)C(N)CCC)[C@@H]3O)c2N1.CCCC(N)C(=O)NC1[C@@H](CO)O[C@@H](n2cnc3c(=O)[nH]c(C)nc32)[C@H]1O.CCCC(N)C(=O)NC1[C@@H](CO)O[C@@H](n2cnc3c2N=CCC3=O)[C@H]1O. The van der Waals surface area contributed by atoms with Gasteiger partial charge in [0.25, 0.3) is 11.5 Å². The molecule has 4 fully saturated rings. The third-order valence-corrected chi connectivity index (χ3v) is 17.9. The van der Waals surface area contributed by atoms with E-state index in [1.807, 2.05) is 27.7 Å². The average molecular weight is 1470 g/mol. The molecule has 0 aromatic carbocycles. The Hall–Kier alpha value is -8.89. The van der Waals surface area contributed by atoms with Crippen LogP contribution in [0.15, 0.2) is 70.8 Å². The van der Waals surface area contributed by atoms with Crippen molar-refractivity contribution in [2.45, 2.75) is 214 Å². The second kappa shape index (κ2) is 36.2. The van der Waals surface area contributed by atoms with E-state index in [9.17, 15) is 74.4 Å². The van der Waals surface area contributed by atoms with Crippen molar-refractivity contribution < 1.29 is 88.6 Å². The number of amides is 5. The lowest BCUT2D eigenvalue weighted by molar-refractivity contribution is -0.125. The number of carbonyl (C=O) groups is 6. The largest absolute Gasteiger partial charge is 0.394 e. The van der Waals surface area contributed by atoms with Gasteiger partial charge in [-0.05, 0) is 38.7 Å². The maximum Gasteiger partial charge on any atom is 0.279 e. The molecule has 7 aliphatic heterocycles. The molecule has 4 saturated heterocycles. The fourth-order valence-corrected chi connectivity index (χ4v) is 12.4. The van der Waals surface area contributed by atoms with Crippen LogP contribution in [0.1, 0.15) is 131 Å². The monoisotopic (exact) mass is 1460 g/mol. The summed E-state index contributed by atoms with van der Waals surface area (Å²) < 4.78 is 27.1. The summed E-state index contributed by atoms with van der Waals surface area (Å²) in [5, 5.41) is 97.0. The van der Waals surface area contributed by atoms with Gasteiger partial charge in [-0.1, -0.05) is 66.5 Å². The molecular formula is C63H96N22O19. The number of rotatable bonds is 24. The van der Waals surface area contributed by atoms with E-state index in [2.05, 4.69) is 80.0 Å². The molecule has 25 N–H and O–H groups in total. The molecule has 11 heterocycles. The van der Waals surface area contributed by atoms with Gasteiger partial charge in [0, 0.05) is 18.8 Å². The number of aryl methyl sites for hydroxylation is 1. The number of aromatic nitrogens is 8. The number of nitrogens with two attached hydrogens (primary N) is 5. The van der Waals surface area contributed by atoms with Crippen LogP contribution in [0.5, 0.6) is 0 Å². The molecule has 7 aliphatic rings. The van der Waals surface area contributed by atoms with E-state index in [0.717, 1.165) is 25.7 Å². The van der Waals surface area contributed by atoms with Crippen LogP contribution in [0.4, 0.5) is 11.6 Å². The second-order valence-corrected chi connectivity index (χ2v) is 25.5. The van der Waals surface area contributed by atoms with E-state index in [0.29, 0.717) is 43.1 Å². The van der Waals surface area contributed by atoms with Crippen LogP contribution in [0.3, 0.4) is 0 Å². The number of aliphatic imine (C=N–C) groups is 2. The van der Waals surface area contributed by atoms with Crippen LogP contribution >= 0.6 is 0 Å². The predicted octanol–water partition coefficient (Wildman–Crippen LogP) is -5.97. The zero-order valence-electron chi connectivity index (χ0n) is 58.0. The van der Waals surface area contributed by atoms with E-state index < -0.39 is 171 Å². The van der Waals surface area contributed by atoms with Crippen LogP contribution in [0.25, 0.3) is 11.2 Å². The lowest BCUT2D eigenvalue weighted by atomic mass is 10.1. The summed E-state index contributed by atoms with van der Waals surface area (Å²) in [4.78, 5) is 113. The number of ketones is 1. The van der Waals surface area contributed by atoms with Crippen LogP contribution < -0.4 is 66.1 Å². The predicted molar refractivity (Wildman–Crippen MR) is 368 cm³/mol. The molecule has 0 aliphatic carbocycles. The van der Waals surface area contributed by atoms with E-state index >= 15 is 0 Å². The summed E-state index contributed by atoms with van der Waals surface area (Å²) in [5.74, 6) is -0.444. The van der Waals surface area contributed by atoms with Crippen molar-refractivity contribution in [1.29, 1.82) is 0 Å². The Morgan fingerprint density at radius 2 is 1.00 bits per heavy atom. The van der Waals surface area contributed by atoms with E-state index in [4.69, 9.17) is 47.6 Å². The van der Waals surface area contributed by atoms with Crippen molar-refractivity contribution in [2.24, 2.45) is 38.7 Å². The molecule has 0 radical (unpaired) electrons. The molecule has 41 heteroatoms. The highest BCUT2D eigenvalue weighted by Gasteiger charge is 2.51. The third kappa shape index (κ3) is 18.1. The number of ether oxygens (including phenoxy) is 4. The van der Waals surface area contributed by atoms with Gasteiger partial charge in [-0.2, -0.15) is 0 Å². The number of carbonyl (C=O) groups excluding carboxylic acids is 6. The Morgan fingerprint density at radius 1 is 0.596 bits per heavy atom. The first kappa shape index (κ1) is 80.8. The second-order valence-electron chi connectivity index (χ2n) is 25.5. The van der Waals surface area contributed by atoms with Gasteiger partial charge in [-0.3, -0.25) is 47.3 Å². The van der Waals surface area contributed by atoms with Crippen molar-refractivity contribution in [2.75, 3.05) is 31.7 Å². The number of amidine groups is 1. The molecule has 104 heavy (non-hydrogen) atoms. The quantitative estimate of drug-likeness (QED) is 0.0311. The average Bonchev–Trinajstić information content (AvgIpc) is 1.76. The Morgan fingerprint density at radius 3 is 1.44 bits per heavy atom. The first-order chi connectivity index (χ1) is 49.6. The van der Waals surface area contributed by atoms with Gasteiger partial charge in [0.2, 0.25) is 23.6 Å². The molecule has 20 atom stereocenters. The molecule has 4 aromatic heterocycles. The maximum atomic E-state index is 12.2. The Labute approximate surface area is 595 Å². The number of H-pyrrole nitrogens is 1. The van der Waals surface area contributed by atoms with Gasteiger partial charge >= 0.3 is 0 Å². The topological polar surface area (TPSA) is 631 Å². The van der Waals surface area contributed by atoms with Gasteiger partial charge < -0.3 is 130 Å². The molecule has 5 amide bonds. The lowest BCUT2D eigenvalue weighted by Gasteiger charge is -2.30. The minimum absolute atomic E-state index is 0.106. The number of anilines is 1. The zero-order valence-corrected chi connectivity index (χ0v) is 58.0. The number of aliphatic hydroxyl groups is 8. The molecule has 0 bridgehead atoms. The van der Waals surface area contributed by atoms with Crippen molar-refractivity contribution in [3.63, 3.8) is 0 Å². The molecule has 4 aromatic rings. The summed E-state index contributed by atoms with van der Waals surface area (Å²) >= 11 is 0. The smallest absolute Gasteiger partial charge is 0.279 e. The number of fused-ring (bicyclic) bond motifs is 3. The standard InChI is InChI=1S/2C16H24N6O5.C16H23N5O5.C15H25N5O4/c2*1-3-4-8(17)14(25)21-10-9(5-23)27-16(12(10)24)22-6-18-11-13(22)19-7(2)20-15(11)26;1-2-3-8(17)15(25)20-12-10(6-22)26-16(13(12)24)21-7-19-11-9(23)4-5-18-14(11)21;1-3-4-9(16)14(23)19-12-10(7-21)24-15(13(12)22)20-6-5-11(17)18-8(20)2/h6,8-10,12,16,23-24H,3-5,17H2,1-2H3,(H,21,25)(H,19,20,26);6,8-10,12,16,19,23-24H,2-5,17H2,1H3,(H,20,26)(H,21,25);5,7-8,10,12-13,16,22,24H,2-4,6,17H2,1H3,(H,20,25);5-6,9-10,12-13,15,21-22H,2-4,7,16H2,1H3,(H2,17,18)(H,19,23)/t2*8?,9-,10?,12+,16-;8?,10-,12?,13+,16-;9?,10-,12?,13+,15-/m1111/s1. The lowest BCUT2D eigenvalue weighted by Crippen LogP contribution is -2.54. The fourth-order valence-electron chi connectivity index (χ4n) is 12.4. The van der Waals surface area contributed by atoms with Crippen LogP contribution in [0.2, 0.25) is 0 Å². The molecule has 11 rings (SSSR count). The van der Waals surface area contributed by atoms with Gasteiger partial charge in [0.1, 0.15) is 78.0 Å². The first-order valence-corrected chi connectivity index (χ1v) is 34.0. The van der Waals surface area contributed by atoms with Gasteiger partial charge in [-0.25, -0.2) is 29.9 Å². The van der Waals surface area contributed by atoms with Gasteiger partial charge in [0.05, 0.1) is 93.7 Å². The molecule has 0 saturated carbocycles. The van der Waals surface area contributed by atoms with Crippen molar-refractivity contribution in [1.82, 2.24) is 70.1 Å². The Bertz CT molecular complexity index is 3860. The minimum atomic E-state index is -1.20. The number of hydrogen-bond acceptors (Lipinski definition) is 32. The van der Waals surface area contributed by atoms with Gasteiger partial charge in [-0.15, -0.1) is 0 Å². The maximum absolute atomic E-state index is 12.2. The normalized spacial score (nSPS) is 28.6.